The first-order chi connectivity index (χ1) is 12.7. The predicted molar refractivity (Wildman–Crippen MR) is 106 cm³/mol. The van der Waals surface area contributed by atoms with Crippen LogP contribution in [0.15, 0.2) is 53.6 Å². The van der Waals surface area contributed by atoms with Gasteiger partial charge in [-0.25, -0.2) is 0 Å². The van der Waals surface area contributed by atoms with Crippen molar-refractivity contribution in [1.82, 2.24) is 4.57 Å². The van der Waals surface area contributed by atoms with Crippen LogP contribution in [-0.4, -0.2) is 11.7 Å². The third-order valence-corrected chi connectivity index (χ3v) is 4.75. The highest BCUT2D eigenvalue weighted by Crippen LogP contribution is 2.34. The van der Waals surface area contributed by atoms with E-state index >= 15 is 0 Å². The van der Waals surface area contributed by atoms with E-state index in [2.05, 4.69) is 51.8 Å². The fourth-order valence-corrected chi connectivity index (χ4v) is 3.58. The van der Waals surface area contributed by atoms with Crippen molar-refractivity contribution in [3.05, 3.63) is 75.8 Å². The maximum absolute atomic E-state index is 8.92. The van der Waals surface area contributed by atoms with Crippen LogP contribution in [-0.2, 0) is 13.0 Å². The Morgan fingerprint density at radius 3 is 2.54 bits per heavy atom. The molecule has 1 aromatic heterocycles. The molecule has 134 valence electrons. The van der Waals surface area contributed by atoms with Crippen LogP contribution in [0.1, 0.15) is 43.1 Å². The van der Waals surface area contributed by atoms with Crippen LogP contribution < -0.4 is 4.74 Å². The third kappa shape index (κ3) is 3.39. The summed E-state index contributed by atoms with van der Waals surface area (Å²) < 4.78 is 7.62. The summed E-state index contributed by atoms with van der Waals surface area (Å²) in [6.45, 7) is 4.93. The lowest BCUT2D eigenvalue weighted by Gasteiger charge is -2.14. The zero-order valence-corrected chi connectivity index (χ0v) is 15.5. The number of ether oxygens (including phenoxy) is 1. The van der Waals surface area contributed by atoms with Gasteiger partial charge in [0.05, 0.1) is 13.2 Å². The number of hydrogen-bond donors (Lipinski definition) is 0. The molecule has 3 aromatic rings. The molecule has 0 radical (unpaired) electrons. The fraction of sp³-hybridized carbons (Fsp3) is 0.333. The van der Waals surface area contributed by atoms with Gasteiger partial charge < -0.3 is 9.30 Å². The van der Waals surface area contributed by atoms with Crippen LogP contribution in [0, 0.1) is 0 Å². The van der Waals surface area contributed by atoms with Gasteiger partial charge in [0, 0.05) is 28.1 Å². The van der Waals surface area contributed by atoms with Gasteiger partial charge in [-0.05, 0) is 41.3 Å². The van der Waals surface area contributed by atoms with E-state index < -0.39 is 0 Å². The number of hydrogen-bond acceptors (Lipinski definition) is 2. The van der Waals surface area contributed by atoms with E-state index in [1.807, 2.05) is 25.1 Å². The van der Waals surface area contributed by atoms with Crippen molar-refractivity contribution in [1.29, 1.82) is 0 Å². The van der Waals surface area contributed by atoms with Crippen molar-refractivity contribution in [3.63, 3.8) is 0 Å². The second kappa shape index (κ2) is 7.98. The monoisotopic (exact) mass is 348 g/mol. The molecule has 1 heterocycles. The summed E-state index contributed by atoms with van der Waals surface area (Å²) in [5.74, 6) is 0.859. The Hall–Kier alpha value is -2.91. The molecule has 5 nitrogen and oxygen atoms in total. The van der Waals surface area contributed by atoms with Crippen LogP contribution in [0.2, 0.25) is 0 Å². The zero-order chi connectivity index (χ0) is 18.5. The molecule has 0 saturated carbocycles. The Morgan fingerprint density at radius 2 is 1.88 bits per heavy atom. The lowest BCUT2D eigenvalue weighted by atomic mass is 10.0. The molecule has 0 aliphatic carbocycles. The minimum Gasteiger partial charge on any atom is -0.497 e. The number of azide groups is 1. The highest BCUT2D eigenvalue weighted by atomic mass is 16.5. The van der Waals surface area contributed by atoms with Crippen LogP contribution in [0.5, 0.6) is 5.75 Å². The van der Waals surface area contributed by atoms with Crippen molar-refractivity contribution >= 4 is 10.9 Å². The van der Waals surface area contributed by atoms with Gasteiger partial charge in [-0.1, -0.05) is 55.7 Å². The maximum atomic E-state index is 8.92. The van der Waals surface area contributed by atoms with Gasteiger partial charge in [0.2, 0.25) is 0 Å². The minimum atomic E-state index is -0.191. The van der Waals surface area contributed by atoms with Gasteiger partial charge in [-0.15, -0.1) is 0 Å². The summed E-state index contributed by atoms with van der Waals surface area (Å²) in [6, 6.07) is 16.4. The quantitative estimate of drug-likeness (QED) is 0.292. The smallest absolute Gasteiger partial charge is 0.118 e. The average molecular weight is 348 g/mol. The summed E-state index contributed by atoms with van der Waals surface area (Å²) >= 11 is 0. The van der Waals surface area contributed by atoms with Crippen molar-refractivity contribution in [2.24, 2.45) is 5.11 Å². The summed E-state index contributed by atoms with van der Waals surface area (Å²) in [4.78, 5) is 3.03. The molecule has 2 aromatic carbocycles. The van der Waals surface area contributed by atoms with Gasteiger partial charge in [0.1, 0.15) is 5.75 Å². The number of nitrogens with zero attached hydrogens (tertiary/aromatic N) is 4. The second-order valence-electron chi connectivity index (χ2n) is 6.44. The first-order valence-corrected chi connectivity index (χ1v) is 8.96. The van der Waals surface area contributed by atoms with Crippen molar-refractivity contribution in [2.75, 3.05) is 7.11 Å². The molecule has 5 heteroatoms. The number of methoxy groups -OCH3 is 1. The normalized spacial score (nSPS) is 12.0. The van der Waals surface area contributed by atoms with Gasteiger partial charge >= 0.3 is 0 Å². The molecule has 0 amide bonds. The molecular formula is C21H24N4O. The first kappa shape index (κ1) is 17.9. The van der Waals surface area contributed by atoms with E-state index in [1.54, 1.807) is 7.11 Å². The Balaban J connectivity index is 2.15. The Labute approximate surface area is 153 Å². The highest BCUT2D eigenvalue weighted by Gasteiger charge is 2.20. The topological polar surface area (TPSA) is 62.9 Å². The van der Waals surface area contributed by atoms with Crippen LogP contribution in [0.3, 0.4) is 0 Å². The molecule has 0 saturated heterocycles. The van der Waals surface area contributed by atoms with Gasteiger partial charge in [0.25, 0.3) is 0 Å². The van der Waals surface area contributed by atoms with E-state index in [0.717, 1.165) is 30.7 Å². The second-order valence-corrected chi connectivity index (χ2v) is 6.44. The Kier molecular flexibility index (Phi) is 5.49. The van der Waals surface area contributed by atoms with Gasteiger partial charge in [0.15, 0.2) is 0 Å². The van der Waals surface area contributed by atoms with E-state index in [4.69, 9.17) is 10.3 Å². The standard InChI is InChI=1S/C21H24N4O/c1-4-7-20-21(15(2)23-24-22)18-8-5-6-9-19(18)25(20)14-16-10-12-17(26-3)13-11-16/h5-6,8-13,15H,4,7,14H2,1-3H3. The lowest BCUT2D eigenvalue weighted by molar-refractivity contribution is 0.414. The lowest BCUT2D eigenvalue weighted by Crippen LogP contribution is -2.06. The van der Waals surface area contributed by atoms with Gasteiger partial charge in [-0.2, -0.15) is 0 Å². The molecule has 1 atom stereocenters. The number of para-hydroxylation sites is 1. The van der Waals surface area contributed by atoms with Crippen molar-refractivity contribution < 1.29 is 4.74 Å². The van der Waals surface area contributed by atoms with E-state index in [-0.39, 0.29) is 6.04 Å². The molecule has 3 rings (SSSR count). The van der Waals surface area contributed by atoms with Crippen molar-refractivity contribution in [3.8, 4) is 5.75 Å². The molecule has 26 heavy (non-hydrogen) atoms. The molecule has 0 fully saturated rings. The summed E-state index contributed by atoms with van der Waals surface area (Å²) in [5, 5.41) is 5.15. The zero-order valence-electron chi connectivity index (χ0n) is 15.5. The number of aromatic nitrogens is 1. The molecule has 0 bridgehead atoms. The molecule has 0 aliphatic heterocycles. The number of benzene rings is 2. The highest BCUT2D eigenvalue weighted by molar-refractivity contribution is 5.86. The Morgan fingerprint density at radius 1 is 1.15 bits per heavy atom. The molecular weight excluding hydrogens is 324 g/mol. The van der Waals surface area contributed by atoms with Gasteiger partial charge in [-0.3, -0.25) is 0 Å². The largest absolute Gasteiger partial charge is 0.497 e. The summed E-state index contributed by atoms with van der Waals surface area (Å²) in [7, 11) is 1.68. The first-order valence-electron chi connectivity index (χ1n) is 8.96. The predicted octanol–water partition coefficient (Wildman–Crippen LogP) is 6.02. The maximum Gasteiger partial charge on any atom is 0.118 e. The summed E-state index contributed by atoms with van der Waals surface area (Å²) in [5.41, 5.74) is 13.7. The third-order valence-electron chi connectivity index (χ3n) is 4.75. The minimum absolute atomic E-state index is 0.191. The van der Waals surface area contributed by atoms with E-state index in [9.17, 15) is 0 Å². The SMILES string of the molecule is CCCc1c(C(C)N=[N+]=[N-])c2ccccc2n1Cc1ccc(OC)cc1. The summed E-state index contributed by atoms with van der Waals surface area (Å²) in [6.07, 6.45) is 1.99. The fourth-order valence-electron chi connectivity index (χ4n) is 3.58. The van der Waals surface area contributed by atoms with Crippen LogP contribution in [0.25, 0.3) is 21.3 Å². The number of fused-ring (bicyclic) bond motifs is 1. The van der Waals surface area contributed by atoms with Crippen LogP contribution in [0.4, 0.5) is 0 Å². The molecule has 0 aliphatic rings. The van der Waals surface area contributed by atoms with Crippen molar-refractivity contribution in [2.45, 2.75) is 39.3 Å². The molecule has 0 N–H and O–H groups in total. The van der Waals surface area contributed by atoms with E-state index in [0.29, 0.717) is 0 Å². The molecule has 1 unspecified atom stereocenters. The van der Waals surface area contributed by atoms with E-state index in [1.165, 1.54) is 22.2 Å². The van der Waals surface area contributed by atoms with Crippen LogP contribution >= 0.6 is 0 Å². The average Bonchev–Trinajstić information content (AvgIpc) is 2.96. The molecule has 0 spiro atoms. The Bertz CT molecular complexity index is 937. The number of rotatable bonds is 7.